The summed E-state index contributed by atoms with van der Waals surface area (Å²) in [7, 11) is -3.56. The lowest BCUT2D eigenvalue weighted by molar-refractivity contribution is -0.121. The van der Waals surface area contributed by atoms with Gasteiger partial charge in [-0.2, -0.15) is 0 Å². The number of benzene rings is 1. The number of hydrogen-bond acceptors (Lipinski definition) is 3. The fourth-order valence-corrected chi connectivity index (χ4v) is 3.70. The highest BCUT2D eigenvalue weighted by atomic mass is 32.2. The molecule has 1 atom stereocenters. The van der Waals surface area contributed by atoms with E-state index < -0.39 is 16.1 Å². The number of anilines is 1. The zero-order chi connectivity index (χ0) is 17.6. The minimum Gasteiger partial charge on any atom is -0.354 e. The summed E-state index contributed by atoms with van der Waals surface area (Å²) in [6.07, 6.45) is 4.15. The maximum atomic E-state index is 12.3. The van der Waals surface area contributed by atoms with Crippen molar-refractivity contribution in [3.05, 3.63) is 29.3 Å². The third-order valence-corrected chi connectivity index (χ3v) is 5.00. The van der Waals surface area contributed by atoms with Crippen molar-refractivity contribution in [2.45, 2.75) is 53.0 Å². The maximum absolute atomic E-state index is 12.3. The van der Waals surface area contributed by atoms with Gasteiger partial charge in [0.2, 0.25) is 15.9 Å². The second kappa shape index (κ2) is 8.34. The molecule has 0 bridgehead atoms. The first kappa shape index (κ1) is 19.5. The molecule has 0 saturated carbocycles. The van der Waals surface area contributed by atoms with Crippen LogP contribution in [-0.4, -0.2) is 33.2 Å². The zero-order valence-corrected chi connectivity index (χ0v) is 15.5. The van der Waals surface area contributed by atoms with E-state index in [4.69, 9.17) is 0 Å². The Morgan fingerprint density at radius 2 is 1.91 bits per heavy atom. The number of amides is 1. The summed E-state index contributed by atoms with van der Waals surface area (Å²) >= 11 is 0. The van der Waals surface area contributed by atoms with E-state index in [9.17, 15) is 13.2 Å². The molecule has 0 spiro atoms. The third-order valence-electron chi connectivity index (χ3n) is 3.77. The molecule has 0 aliphatic carbocycles. The fourth-order valence-electron chi connectivity index (χ4n) is 2.47. The Morgan fingerprint density at radius 3 is 2.48 bits per heavy atom. The number of unbranched alkanes of at least 4 members (excludes halogenated alkanes) is 2. The molecule has 1 aromatic carbocycles. The van der Waals surface area contributed by atoms with Crippen LogP contribution < -0.4 is 9.62 Å². The first-order chi connectivity index (χ1) is 10.7. The van der Waals surface area contributed by atoms with Crippen LogP contribution in [0.3, 0.4) is 0 Å². The number of carbonyl (C=O) groups is 1. The van der Waals surface area contributed by atoms with Crippen molar-refractivity contribution in [2.24, 2.45) is 0 Å². The molecule has 0 aromatic heterocycles. The van der Waals surface area contributed by atoms with Crippen molar-refractivity contribution in [1.82, 2.24) is 5.32 Å². The molecule has 1 aromatic rings. The minimum absolute atomic E-state index is 0.271. The van der Waals surface area contributed by atoms with Gasteiger partial charge in [-0.05, 0) is 44.4 Å². The van der Waals surface area contributed by atoms with Crippen LogP contribution in [0.2, 0.25) is 0 Å². The lowest BCUT2D eigenvalue weighted by Gasteiger charge is -2.29. The van der Waals surface area contributed by atoms with Crippen molar-refractivity contribution in [1.29, 1.82) is 0 Å². The summed E-state index contributed by atoms with van der Waals surface area (Å²) < 4.78 is 25.7. The van der Waals surface area contributed by atoms with Gasteiger partial charge in [-0.15, -0.1) is 0 Å². The lowest BCUT2D eigenvalue weighted by Crippen LogP contribution is -2.48. The van der Waals surface area contributed by atoms with Gasteiger partial charge in [0.25, 0.3) is 0 Å². The van der Waals surface area contributed by atoms with E-state index in [1.165, 1.54) is 4.31 Å². The summed E-state index contributed by atoms with van der Waals surface area (Å²) in [6.45, 7) is 8.04. The monoisotopic (exact) mass is 340 g/mol. The van der Waals surface area contributed by atoms with Crippen molar-refractivity contribution in [3.8, 4) is 0 Å². The second-order valence-electron chi connectivity index (χ2n) is 6.02. The van der Waals surface area contributed by atoms with Gasteiger partial charge in [0, 0.05) is 6.54 Å². The summed E-state index contributed by atoms with van der Waals surface area (Å²) in [6, 6.07) is 4.81. The van der Waals surface area contributed by atoms with E-state index >= 15 is 0 Å². The molecule has 0 fully saturated rings. The molecule has 0 radical (unpaired) electrons. The van der Waals surface area contributed by atoms with Crippen molar-refractivity contribution < 1.29 is 13.2 Å². The molecular formula is C17H28N2O3S. The Labute approximate surface area is 140 Å². The quantitative estimate of drug-likeness (QED) is 0.740. The van der Waals surface area contributed by atoms with Crippen molar-refractivity contribution >= 4 is 21.6 Å². The number of sulfonamides is 1. The molecule has 1 N–H and O–H groups in total. The van der Waals surface area contributed by atoms with Gasteiger partial charge in [0.15, 0.2) is 0 Å². The predicted octanol–water partition coefficient (Wildman–Crippen LogP) is 2.76. The highest BCUT2D eigenvalue weighted by Gasteiger charge is 2.29. The van der Waals surface area contributed by atoms with Crippen LogP contribution in [0.5, 0.6) is 0 Å². The number of carbonyl (C=O) groups excluding carboxylic acids is 1. The maximum Gasteiger partial charge on any atom is 0.243 e. The first-order valence-electron chi connectivity index (χ1n) is 8.02. The van der Waals surface area contributed by atoms with Gasteiger partial charge in [-0.3, -0.25) is 9.10 Å². The molecule has 0 aliphatic rings. The smallest absolute Gasteiger partial charge is 0.243 e. The zero-order valence-electron chi connectivity index (χ0n) is 14.7. The van der Waals surface area contributed by atoms with Gasteiger partial charge in [0.1, 0.15) is 6.04 Å². The van der Waals surface area contributed by atoms with E-state index in [-0.39, 0.29) is 5.91 Å². The van der Waals surface area contributed by atoms with E-state index in [0.29, 0.717) is 12.2 Å². The van der Waals surface area contributed by atoms with Crippen LogP contribution in [0.4, 0.5) is 5.69 Å². The highest BCUT2D eigenvalue weighted by molar-refractivity contribution is 7.92. The molecule has 0 unspecified atom stereocenters. The van der Waals surface area contributed by atoms with Crippen LogP contribution >= 0.6 is 0 Å². The molecule has 1 rings (SSSR count). The number of nitrogens with zero attached hydrogens (tertiary/aromatic N) is 1. The number of rotatable bonds is 8. The van der Waals surface area contributed by atoms with Crippen LogP contribution in [-0.2, 0) is 14.8 Å². The van der Waals surface area contributed by atoms with Gasteiger partial charge < -0.3 is 5.32 Å². The standard InChI is InChI=1S/C17H28N2O3S/c1-6-7-8-11-18-17(20)15(4)19(23(5,21)22)16-12-13(2)9-10-14(16)3/h9-10,12,15H,6-8,11H2,1-5H3,(H,18,20)/t15-/m1/s1. The lowest BCUT2D eigenvalue weighted by atomic mass is 10.1. The van der Waals surface area contributed by atoms with Gasteiger partial charge in [-0.1, -0.05) is 31.9 Å². The molecule has 1 amide bonds. The van der Waals surface area contributed by atoms with Crippen LogP contribution in [0.15, 0.2) is 18.2 Å². The molecule has 0 heterocycles. The normalized spacial score (nSPS) is 12.7. The average Bonchev–Trinajstić information content (AvgIpc) is 2.45. The number of aryl methyl sites for hydroxylation is 2. The number of nitrogens with one attached hydrogen (secondary N) is 1. The SMILES string of the molecule is CCCCCNC(=O)[C@@H](C)N(c1cc(C)ccc1C)S(C)(=O)=O. The number of hydrogen-bond donors (Lipinski definition) is 1. The third kappa shape index (κ3) is 5.53. The topological polar surface area (TPSA) is 66.5 Å². The van der Waals surface area contributed by atoms with Crippen LogP contribution in [0.1, 0.15) is 44.2 Å². The summed E-state index contributed by atoms with van der Waals surface area (Å²) in [4.78, 5) is 12.3. The second-order valence-corrected chi connectivity index (χ2v) is 7.88. The minimum atomic E-state index is -3.56. The van der Waals surface area contributed by atoms with Gasteiger partial charge in [-0.25, -0.2) is 8.42 Å². The summed E-state index contributed by atoms with van der Waals surface area (Å²) in [5.74, 6) is -0.271. The van der Waals surface area contributed by atoms with Gasteiger partial charge in [0.05, 0.1) is 11.9 Å². The molecule has 5 nitrogen and oxygen atoms in total. The Hall–Kier alpha value is -1.56. The molecule has 130 valence electrons. The van der Waals surface area contributed by atoms with Crippen molar-refractivity contribution in [2.75, 3.05) is 17.1 Å². The average molecular weight is 340 g/mol. The Kier molecular flexibility index (Phi) is 7.06. The van der Waals surface area contributed by atoms with E-state index in [1.54, 1.807) is 13.0 Å². The first-order valence-corrected chi connectivity index (χ1v) is 9.87. The summed E-state index contributed by atoms with van der Waals surface area (Å²) in [5, 5.41) is 2.83. The fraction of sp³-hybridized carbons (Fsp3) is 0.588. The Bertz CT molecular complexity index is 641. The van der Waals surface area contributed by atoms with Crippen molar-refractivity contribution in [3.63, 3.8) is 0 Å². The predicted molar refractivity (Wildman–Crippen MR) is 95.2 cm³/mol. The Balaban J connectivity index is 3.03. The summed E-state index contributed by atoms with van der Waals surface area (Å²) in [5.41, 5.74) is 2.34. The van der Waals surface area contributed by atoms with E-state index in [0.717, 1.165) is 36.6 Å². The molecule has 6 heteroatoms. The van der Waals surface area contributed by atoms with Gasteiger partial charge >= 0.3 is 0 Å². The molecule has 0 aliphatic heterocycles. The molecule has 23 heavy (non-hydrogen) atoms. The van der Waals surface area contributed by atoms with E-state index in [2.05, 4.69) is 12.2 Å². The Morgan fingerprint density at radius 1 is 1.26 bits per heavy atom. The highest BCUT2D eigenvalue weighted by Crippen LogP contribution is 2.26. The molecular weight excluding hydrogens is 312 g/mol. The van der Waals surface area contributed by atoms with E-state index in [1.807, 2.05) is 26.0 Å². The largest absolute Gasteiger partial charge is 0.354 e. The molecule has 0 saturated heterocycles. The van der Waals surface area contributed by atoms with Crippen LogP contribution in [0, 0.1) is 13.8 Å². The van der Waals surface area contributed by atoms with Crippen LogP contribution in [0.25, 0.3) is 0 Å².